The molecule has 1 amide bonds. The Morgan fingerprint density at radius 1 is 1.06 bits per heavy atom. The van der Waals surface area contributed by atoms with Gasteiger partial charge >= 0.3 is 0 Å². The van der Waals surface area contributed by atoms with Crippen LogP contribution >= 0.6 is 23.8 Å². The normalized spacial score (nSPS) is 15.0. The van der Waals surface area contributed by atoms with Gasteiger partial charge in [0, 0.05) is 44.5 Å². The SMILES string of the molecule is Cc1cccc(NC(=O)CN2CCN(Cn3nc(-c4ccccc4Cl)n(C)c3=S)CC2)c1C. The summed E-state index contributed by atoms with van der Waals surface area (Å²) in [6, 6.07) is 13.6. The maximum atomic E-state index is 12.6. The Bertz CT molecular complexity index is 1210. The molecular weight excluding hydrogens is 456 g/mol. The summed E-state index contributed by atoms with van der Waals surface area (Å²) in [4.78, 5) is 17.0. The quantitative estimate of drug-likeness (QED) is 0.534. The number of hydrogen-bond donors (Lipinski definition) is 1. The van der Waals surface area contributed by atoms with Crippen molar-refractivity contribution in [3.63, 3.8) is 0 Å². The lowest BCUT2D eigenvalue weighted by Crippen LogP contribution is -2.49. The van der Waals surface area contributed by atoms with Crippen LogP contribution < -0.4 is 5.32 Å². The number of piperazine rings is 1. The predicted octanol–water partition coefficient (Wildman–Crippen LogP) is 4.10. The minimum absolute atomic E-state index is 0.0217. The highest BCUT2D eigenvalue weighted by Crippen LogP contribution is 2.26. The summed E-state index contributed by atoms with van der Waals surface area (Å²) < 4.78 is 4.39. The number of anilines is 1. The smallest absolute Gasteiger partial charge is 0.238 e. The molecule has 1 N–H and O–H groups in total. The monoisotopic (exact) mass is 484 g/mol. The van der Waals surface area contributed by atoms with Crippen LogP contribution in [0.4, 0.5) is 5.69 Å². The highest BCUT2D eigenvalue weighted by molar-refractivity contribution is 7.71. The number of hydrogen-bond acceptors (Lipinski definition) is 5. The molecule has 7 nitrogen and oxygen atoms in total. The molecule has 0 saturated carbocycles. The van der Waals surface area contributed by atoms with Crippen LogP contribution in [0, 0.1) is 18.6 Å². The maximum Gasteiger partial charge on any atom is 0.238 e. The molecule has 0 spiro atoms. The Balaban J connectivity index is 1.33. The van der Waals surface area contributed by atoms with Crippen molar-refractivity contribution in [2.75, 3.05) is 38.0 Å². The molecule has 2 heterocycles. The Morgan fingerprint density at radius 2 is 1.76 bits per heavy atom. The highest BCUT2D eigenvalue weighted by atomic mass is 35.5. The molecule has 174 valence electrons. The van der Waals surface area contributed by atoms with Gasteiger partial charge in [-0.05, 0) is 55.4 Å². The number of halogens is 1. The van der Waals surface area contributed by atoms with Crippen molar-refractivity contribution in [1.82, 2.24) is 24.1 Å². The zero-order chi connectivity index (χ0) is 23.5. The maximum absolute atomic E-state index is 12.6. The number of benzene rings is 2. The van der Waals surface area contributed by atoms with Crippen molar-refractivity contribution in [3.8, 4) is 11.4 Å². The zero-order valence-electron chi connectivity index (χ0n) is 19.2. The third-order valence-corrected chi connectivity index (χ3v) is 7.01. The van der Waals surface area contributed by atoms with E-state index in [0.29, 0.717) is 23.0 Å². The number of nitrogens with one attached hydrogen (secondary N) is 1. The molecule has 0 atom stereocenters. The fraction of sp³-hybridized carbons (Fsp3) is 0.375. The van der Waals surface area contributed by atoms with Gasteiger partial charge in [-0.25, -0.2) is 4.68 Å². The molecule has 3 aromatic rings. The van der Waals surface area contributed by atoms with E-state index >= 15 is 0 Å². The number of carbonyl (C=O) groups excluding carboxylic acids is 1. The predicted molar refractivity (Wildman–Crippen MR) is 135 cm³/mol. The molecule has 1 aromatic heterocycles. The summed E-state index contributed by atoms with van der Waals surface area (Å²) in [7, 11) is 1.91. The van der Waals surface area contributed by atoms with Crippen LogP contribution in [0.15, 0.2) is 42.5 Å². The molecule has 1 fully saturated rings. The van der Waals surface area contributed by atoms with Gasteiger partial charge in [0.15, 0.2) is 10.6 Å². The molecule has 0 radical (unpaired) electrons. The van der Waals surface area contributed by atoms with E-state index in [1.165, 1.54) is 5.56 Å². The second-order valence-corrected chi connectivity index (χ2v) is 9.25. The van der Waals surface area contributed by atoms with E-state index in [4.69, 9.17) is 28.9 Å². The Hall–Kier alpha value is -2.52. The summed E-state index contributed by atoms with van der Waals surface area (Å²) in [6.45, 7) is 8.40. The third-order valence-electron chi connectivity index (χ3n) is 6.20. The van der Waals surface area contributed by atoms with E-state index in [1.807, 2.05) is 59.6 Å². The summed E-state index contributed by atoms with van der Waals surface area (Å²) in [6.07, 6.45) is 0. The first-order chi connectivity index (χ1) is 15.8. The minimum atomic E-state index is 0.0217. The number of aromatic nitrogens is 3. The van der Waals surface area contributed by atoms with Crippen LogP contribution in [0.3, 0.4) is 0 Å². The summed E-state index contributed by atoms with van der Waals surface area (Å²) in [5.41, 5.74) is 4.04. The van der Waals surface area contributed by atoms with Gasteiger partial charge in [0.1, 0.15) is 0 Å². The fourth-order valence-corrected chi connectivity index (χ4v) is 4.42. The van der Waals surface area contributed by atoms with Crippen molar-refractivity contribution < 1.29 is 4.79 Å². The van der Waals surface area contributed by atoms with Crippen molar-refractivity contribution in [3.05, 3.63) is 63.4 Å². The number of nitrogens with zero attached hydrogens (tertiary/aromatic N) is 5. The molecule has 33 heavy (non-hydrogen) atoms. The largest absolute Gasteiger partial charge is 0.325 e. The van der Waals surface area contributed by atoms with Gasteiger partial charge in [-0.3, -0.25) is 14.6 Å². The lowest BCUT2D eigenvalue weighted by Gasteiger charge is -2.34. The van der Waals surface area contributed by atoms with Crippen molar-refractivity contribution >= 4 is 35.4 Å². The van der Waals surface area contributed by atoms with Crippen molar-refractivity contribution in [2.24, 2.45) is 7.05 Å². The number of amides is 1. The number of aryl methyl sites for hydroxylation is 1. The average molecular weight is 485 g/mol. The van der Waals surface area contributed by atoms with Crippen LogP contribution in [-0.4, -0.2) is 62.8 Å². The van der Waals surface area contributed by atoms with E-state index in [2.05, 4.69) is 28.1 Å². The summed E-state index contributed by atoms with van der Waals surface area (Å²) in [5.74, 6) is 0.779. The highest BCUT2D eigenvalue weighted by Gasteiger charge is 2.21. The van der Waals surface area contributed by atoms with E-state index in [1.54, 1.807) is 0 Å². The van der Waals surface area contributed by atoms with Gasteiger partial charge in [-0.2, -0.15) is 5.10 Å². The van der Waals surface area contributed by atoms with Crippen LogP contribution in [0.25, 0.3) is 11.4 Å². The van der Waals surface area contributed by atoms with Crippen molar-refractivity contribution in [2.45, 2.75) is 20.5 Å². The lowest BCUT2D eigenvalue weighted by atomic mass is 10.1. The van der Waals surface area contributed by atoms with Crippen LogP contribution in [0.1, 0.15) is 11.1 Å². The molecule has 0 unspecified atom stereocenters. The molecule has 1 aliphatic rings. The van der Waals surface area contributed by atoms with Crippen LogP contribution in [-0.2, 0) is 18.5 Å². The average Bonchev–Trinajstić information content (AvgIpc) is 3.07. The molecule has 0 bridgehead atoms. The first-order valence-corrected chi connectivity index (χ1v) is 11.8. The fourth-order valence-electron chi connectivity index (χ4n) is 4.01. The molecule has 9 heteroatoms. The van der Waals surface area contributed by atoms with Gasteiger partial charge in [-0.1, -0.05) is 35.9 Å². The first-order valence-electron chi connectivity index (χ1n) is 11.0. The minimum Gasteiger partial charge on any atom is -0.325 e. The van der Waals surface area contributed by atoms with Crippen molar-refractivity contribution in [1.29, 1.82) is 0 Å². The van der Waals surface area contributed by atoms with E-state index in [9.17, 15) is 4.79 Å². The molecule has 1 aliphatic heterocycles. The molecule has 1 saturated heterocycles. The van der Waals surface area contributed by atoms with Crippen LogP contribution in [0.5, 0.6) is 0 Å². The molecule has 0 aliphatic carbocycles. The Labute approximate surface area is 204 Å². The van der Waals surface area contributed by atoms with E-state index in [0.717, 1.165) is 48.8 Å². The van der Waals surface area contributed by atoms with Crippen LogP contribution in [0.2, 0.25) is 5.02 Å². The van der Waals surface area contributed by atoms with Gasteiger partial charge in [0.05, 0.1) is 18.2 Å². The van der Waals surface area contributed by atoms with Gasteiger partial charge in [0.2, 0.25) is 5.91 Å². The second-order valence-electron chi connectivity index (χ2n) is 8.48. The molecule has 4 rings (SSSR count). The number of rotatable bonds is 6. The Morgan fingerprint density at radius 3 is 2.48 bits per heavy atom. The lowest BCUT2D eigenvalue weighted by molar-refractivity contribution is -0.117. The topological polar surface area (TPSA) is 58.3 Å². The molecule has 2 aromatic carbocycles. The van der Waals surface area contributed by atoms with E-state index in [-0.39, 0.29) is 5.91 Å². The summed E-state index contributed by atoms with van der Waals surface area (Å²) in [5, 5.41) is 8.44. The first kappa shape index (κ1) is 23.6. The summed E-state index contributed by atoms with van der Waals surface area (Å²) >= 11 is 12.0. The Kier molecular flexibility index (Phi) is 7.29. The van der Waals surface area contributed by atoms with Gasteiger partial charge in [-0.15, -0.1) is 0 Å². The third kappa shape index (κ3) is 5.35. The van der Waals surface area contributed by atoms with Gasteiger partial charge < -0.3 is 9.88 Å². The standard InChI is InChI=1S/C24H29ClN6OS/c1-17-7-6-10-21(18(17)2)26-22(32)15-29-11-13-30(14-12-29)16-31-24(33)28(3)23(27-31)19-8-4-5-9-20(19)25/h4-10H,11-16H2,1-3H3,(H,26,32). The molecular formula is C24H29ClN6OS. The zero-order valence-corrected chi connectivity index (χ0v) is 20.8. The van der Waals surface area contributed by atoms with E-state index < -0.39 is 0 Å². The van der Waals surface area contributed by atoms with Gasteiger partial charge in [0.25, 0.3) is 0 Å². The second kappa shape index (κ2) is 10.2. The number of carbonyl (C=O) groups is 1.